The first-order valence-corrected chi connectivity index (χ1v) is 7.28. The number of nitrogens with two attached hydrogens (primary N) is 1. The summed E-state index contributed by atoms with van der Waals surface area (Å²) >= 11 is 0. The molecule has 21 heavy (non-hydrogen) atoms. The van der Waals surface area contributed by atoms with E-state index in [4.69, 9.17) is 10.5 Å². The zero-order chi connectivity index (χ0) is 15.7. The Bertz CT molecular complexity index is 513. The Labute approximate surface area is 125 Å². The van der Waals surface area contributed by atoms with Gasteiger partial charge in [-0.05, 0) is 24.6 Å². The number of benzene rings is 1. The van der Waals surface area contributed by atoms with Crippen molar-refractivity contribution in [1.29, 1.82) is 0 Å². The number of hydrogen-bond donors (Lipinski definition) is 3. The van der Waals surface area contributed by atoms with Crippen molar-refractivity contribution in [3.63, 3.8) is 0 Å². The molecular weight excluding hydrogens is 268 g/mol. The highest BCUT2D eigenvalue weighted by Crippen LogP contribution is 2.49. The van der Waals surface area contributed by atoms with E-state index >= 15 is 0 Å². The van der Waals surface area contributed by atoms with E-state index in [9.17, 15) is 9.90 Å². The van der Waals surface area contributed by atoms with E-state index in [1.54, 1.807) is 24.3 Å². The van der Waals surface area contributed by atoms with Gasteiger partial charge in [0.05, 0.1) is 6.10 Å². The van der Waals surface area contributed by atoms with E-state index in [2.05, 4.69) is 5.32 Å². The number of phenols is 1. The summed E-state index contributed by atoms with van der Waals surface area (Å²) in [5.74, 6) is 0.0524. The first-order chi connectivity index (χ1) is 9.81. The minimum absolute atomic E-state index is 0.0203. The van der Waals surface area contributed by atoms with E-state index in [-0.39, 0.29) is 23.2 Å². The van der Waals surface area contributed by atoms with Gasteiger partial charge in [0.25, 0.3) is 0 Å². The molecule has 2 unspecified atom stereocenters. The molecule has 0 radical (unpaired) electrons. The molecule has 2 atom stereocenters. The first kappa shape index (κ1) is 15.8. The number of rotatable bonds is 5. The maximum absolute atomic E-state index is 12.4. The van der Waals surface area contributed by atoms with Gasteiger partial charge in [0.1, 0.15) is 11.3 Å². The van der Waals surface area contributed by atoms with Crippen molar-refractivity contribution in [2.45, 2.75) is 45.4 Å². The minimum atomic E-state index is -0.899. The van der Waals surface area contributed by atoms with Crippen molar-refractivity contribution in [2.24, 2.45) is 11.1 Å². The first-order valence-electron chi connectivity index (χ1n) is 7.28. The molecule has 1 amide bonds. The molecule has 1 saturated carbocycles. The summed E-state index contributed by atoms with van der Waals surface area (Å²) < 4.78 is 5.63. The Morgan fingerprint density at radius 1 is 1.43 bits per heavy atom. The quantitative estimate of drug-likeness (QED) is 0.768. The van der Waals surface area contributed by atoms with E-state index < -0.39 is 5.54 Å². The summed E-state index contributed by atoms with van der Waals surface area (Å²) in [5.41, 5.74) is 5.93. The zero-order valence-electron chi connectivity index (χ0n) is 12.8. The van der Waals surface area contributed by atoms with Crippen molar-refractivity contribution in [3.05, 3.63) is 29.8 Å². The van der Waals surface area contributed by atoms with Crippen LogP contribution in [-0.2, 0) is 16.1 Å². The van der Waals surface area contributed by atoms with E-state index in [1.807, 2.05) is 20.8 Å². The fourth-order valence-electron chi connectivity index (χ4n) is 2.77. The van der Waals surface area contributed by atoms with E-state index in [0.717, 1.165) is 5.56 Å². The lowest BCUT2D eigenvalue weighted by Gasteiger charge is -2.57. The number of hydrogen-bond acceptors (Lipinski definition) is 4. The Morgan fingerprint density at radius 3 is 2.57 bits per heavy atom. The maximum Gasteiger partial charge on any atom is 0.241 e. The SMILES string of the molecule is CCOC1CC(N)(C(=O)NCc2ccc(O)cc2)C1(C)C. The predicted molar refractivity (Wildman–Crippen MR) is 80.7 cm³/mol. The normalized spacial score (nSPS) is 27.0. The molecular formula is C16H24N2O3. The number of carbonyl (C=O) groups is 1. The Balaban J connectivity index is 1.96. The summed E-state index contributed by atoms with van der Waals surface area (Å²) in [4.78, 5) is 12.4. The van der Waals surface area contributed by atoms with Crippen LogP contribution in [0.25, 0.3) is 0 Å². The molecule has 1 aromatic carbocycles. The molecule has 1 aliphatic carbocycles. The predicted octanol–water partition coefficient (Wildman–Crippen LogP) is 1.54. The van der Waals surface area contributed by atoms with Crippen LogP contribution >= 0.6 is 0 Å². The average molecular weight is 292 g/mol. The van der Waals surface area contributed by atoms with E-state index in [1.165, 1.54) is 0 Å². The summed E-state index contributed by atoms with van der Waals surface area (Å²) in [7, 11) is 0. The average Bonchev–Trinajstić information content (AvgIpc) is 2.45. The lowest BCUT2D eigenvalue weighted by atomic mass is 9.54. The Hall–Kier alpha value is -1.59. The van der Waals surface area contributed by atoms with Crippen LogP contribution in [0.5, 0.6) is 5.75 Å². The van der Waals surface area contributed by atoms with Gasteiger partial charge < -0.3 is 20.9 Å². The molecule has 5 heteroatoms. The highest BCUT2D eigenvalue weighted by atomic mass is 16.5. The number of nitrogens with one attached hydrogen (secondary N) is 1. The van der Waals surface area contributed by atoms with Gasteiger partial charge >= 0.3 is 0 Å². The van der Waals surface area contributed by atoms with Gasteiger partial charge in [-0.1, -0.05) is 26.0 Å². The van der Waals surface area contributed by atoms with Gasteiger partial charge in [0.2, 0.25) is 5.91 Å². The van der Waals surface area contributed by atoms with Crippen molar-refractivity contribution in [3.8, 4) is 5.75 Å². The summed E-state index contributed by atoms with van der Waals surface area (Å²) in [5, 5.41) is 12.1. The van der Waals surface area contributed by atoms with Gasteiger partial charge in [-0.25, -0.2) is 0 Å². The van der Waals surface area contributed by atoms with Crippen LogP contribution < -0.4 is 11.1 Å². The molecule has 0 saturated heterocycles. The molecule has 2 rings (SSSR count). The topological polar surface area (TPSA) is 84.6 Å². The molecule has 0 aromatic heterocycles. The van der Waals surface area contributed by atoms with Crippen LogP contribution in [0.4, 0.5) is 0 Å². The lowest BCUT2D eigenvalue weighted by Crippen LogP contribution is -2.75. The number of phenolic OH excluding ortho intramolecular Hbond substituents is 1. The molecule has 116 valence electrons. The van der Waals surface area contributed by atoms with Gasteiger partial charge in [-0.15, -0.1) is 0 Å². The summed E-state index contributed by atoms with van der Waals surface area (Å²) in [6, 6.07) is 6.73. The second kappa shape index (κ2) is 5.66. The van der Waals surface area contributed by atoms with Gasteiger partial charge in [0, 0.05) is 25.0 Å². The largest absolute Gasteiger partial charge is 0.508 e. The van der Waals surface area contributed by atoms with Crippen LogP contribution in [0.3, 0.4) is 0 Å². The highest BCUT2D eigenvalue weighted by molar-refractivity contribution is 5.88. The van der Waals surface area contributed by atoms with E-state index in [0.29, 0.717) is 19.6 Å². The van der Waals surface area contributed by atoms with Crippen molar-refractivity contribution in [1.82, 2.24) is 5.32 Å². The molecule has 0 aliphatic heterocycles. The number of carbonyl (C=O) groups excluding carboxylic acids is 1. The second-order valence-electron chi connectivity index (χ2n) is 6.19. The highest BCUT2D eigenvalue weighted by Gasteiger charge is 2.62. The van der Waals surface area contributed by atoms with Crippen molar-refractivity contribution >= 4 is 5.91 Å². The third kappa shape index (κ3) is 2.76. The molecule has 1 fully saturated rings. The molecule has 0 spiro atoms. The Kier molecular flexibility index (Phi) is 4.25. The van der Waals surface area contributed by atoms with Crippen LogP contribution in [0.1, 0.15) is 32.8 Å². The minimum Gasteiger partial charge on any atom is -0.508 e. The molecule has 1 aromatic rings. The molecule has 0 heterocycles. The number of amides is 1. The molecule has 0 bridgehead atoms. The standard InChI is InChI=1S/C16H24N2O3/c1-4-21-13-9-16(17,15(13,2)3)14(20)18-10-11-5-7-12(19)8-6-11/h5-8,13,19H,4,9-10,17H2,1-3H3,(H,18,20). The van der Waals surface area contributed by atoms with Crippen LogP contribution in [0.15, 0.2) is 24.3 Å². The third-order valence-corrected chi connectivity index (χ3v) is 4.62. The second-order valence-corrected chi connectivity index (χ2v) is 6.19. The lowest BCUT2D eigenvalue weighted by molar-refractivity contribution is -0.170. The number of ether oxygens (including phenoxy) is 1. The fourth-order valence-corrected chi connectivity index (χ4v) is 2.77. The Morgan fingerprint density at radius 2 is 2.05 bits per heavy atom. The third-order valence-electron chi connectivity index (χ3n) is 4.62. The number of aromatic hydroxyl groups is 1. The van der Waals surface area contributed by atoms with Gasteiger partial charge in [-0.2, -0.15) is 0 Å². The van der Waals surface area contributed by atoms with Gasteiger partial charge in [0.15, 0.2) is 0 Å². The molecule has 5 nitrogen and oxygen atoms in total. The van der Waals surface area contributed by atoms with Crippen LogP contribution in [0, 0.1) is 5.41 Å². The zero-order valence-corrected chi connectivity index (χ0v) is 12.8. The smallest absolute Gasteiger partial charge is 0.241 e. The monoisotopic (exact) mass is 292 g/mol. The fraction of sp³-hybridized carbons (Fsp3) is 0.562. The summed E-state index contributed by atoms with van der Waals surface area (Å²) in [6.07, 6.45) is 0.557. The summed E-state index contributed by atoms with van der Waals surface area (Å²) in [6.45, 7) is 6.90. The molecule has 1 aliphatic rings. The molecule has 4 N–H and O–H groups in total. The van der Waals surface area contributed by atoms with Gasteiger partial charge in [-0.3, -0.25) is 4.79 Å². The van der Waals surface area contributed by atoms with Crippen LogP contribution in [-0.4, -0.2) is 29.3 Å². The van der Waals surface area contributed by atoms with Crippen LogP contribution in [0.2, 0.25) is 0 Å². The van der Waals surface area contributed by atoms with Crippen molar-refractivity contribution in [2.75, 3.05) is 6.61 Å². The maximum atomic E-state index is 12.4. The van der Waals surface area contributed by atoms with Crippen molar-refractivity contribution < 1.29 is 14.6 Å².